The minimum Gasteiger partial charge on any atom is -0.478 e. The highest BCUT2D eigenvalue weighted by Crippen LogP contribution is 2.24. The monoisotopic (exact) mass is 274 g/mol. The Morgan fingerprint density at radius 1 is 1.40 bits per heavy atom. The van der Waals surface area contributed by atoms with Crippen LogP contribution < -0.4 is 0 Å². The molecule has 0 radical (unpaired) electrons. The molecule has 2 aromatic heterocycles. The molecule has 0 atom stereocenters. The van der Waals surface area contributed by atoms with E-state index in [1.54, 1.807) is 19.2 Å². The number of aromatic nitrogens is 2. The van der Waals surface area contributed by atoms with Crippen molar-refractivity contribution >= 4 is 17.1 Å². The van der Waals surface area contributed by atoms with Gasteiger partial charge in [0.15, 0.2) is 17.0 Å². The Morgan fingerprint density at radius 2 is 2.25 bits per heavy atom. The molecule has 0 saturated carbocycles. The number of rotatable bonds is 4. The first-order valence-electron chi connectivity index (χ1n) is 5.76. The fraction of sp³-hybridized carbons (Fsp3) is 0.154. The Kier molecular flexibility index (Phi) is 2.96. The number of nitrogens with zero attached hydrogens (tertiary/aromatic N) is 2. The number of hydrogen-bond acceptors (Lipinski definition) is 6. The van der Waals surface area contributed by atoms with E-state index in [0.29, 0.717) is 29.2 Å². The van der Waals surface area contributed by atoms with Crippen molar-refractivity contribution in [2.45, 2.75) is 6.61 Å². The quantitative estimate of drug-likeness (QED) is 0.779. The van der Waals surface area contributed by atoms with Crippen molar-refractivity contribution in [2.24, 2.45) is 0 Å². The number of methoxy groups -OCH3 is 1. The molecule has 0 aliphatic carbocycles. The molecule has 0 fully saturated rings. The van der Waals surface area contributed by atoms with E-state index in [-0.39, 0.29) is 11.5 Å². The predicted molar refractivity (Wildman–Crippen MR) is 67.2 cm³/mol. The zero-order valence-corrected chi connectivity index (χ0v) is 10.5. The highest BCUT2D eigenvalue weighted by molar-refractivity contribution is 5.92. The SMILES string of the molecule is COCc1cc(-c2nc3cc(C(=O)O)ccc3o2)no1. The molecule has 3 rings (SSSR count). The van der Waals surface area contributed by atoms with Crippen molar-refractivity contribution in [3.63, 3.8) is 0 Å². The summed E-state index contributed by atoms with van der Waals surface area (Å²) < 4.78 is 15.5. The van der Waals surface area contributed by atoms with E-state index in [1.807, 2.05) is 0 Å². The van der Waals surface area contributed by atoms with Crippen LogP contribution in [0.25, 0.3) is 22.7 Å². The number of carbonyl (C=O) groups is 1. The Hall–Kier alpha value is -2.67. The highest BCUT2D eigenvalue weighted by atomic mass is 16.5. The molecule has 1 aromatic carbocycles. The van der Waals surface area contributed by atoms with Crippen LogP contribution in [0.1, 0.15) is 16.1 Å². The first-order chi connectivity index (χ1) is 9.67. The van der Waals surface area contributed by atoms with Gasteiger partial charge < -0.3 is 18.8 Å². The molecule has 0 aliphatic rings. The summed E-state index contributed by atoms with van der Waals surface area (Å²) >= 11 is 0. The molecule has 0 saturated heterocycles. The fourth-order valence-corrected chi connectivity index (χ4v) is 1.79. The van der Waals surface area contributed by atoms with Crippen LogP contribution in [0.4, 0.5) is 0 Å². The molecular formula is C13H10N2O5. The third-order valence-electron chi connectivity index (χ3n) is 2.70. The van der Waals surface area contributed by atoms with Gasteiger partial charge in [-0.05, 0) is 18.2 Å². The zero-order chi connectivity index (χ0) is 14.1. The maximum atomic E-state index is 10.9. The summed E-state index contributed by atoms with van der Waals surface area (Å²) in [5, 5.41) is 12.8. The van der Waals surface area contributed by atoms with E-state index < -0.39 is 5.97 Å². The number of oxazole rings is 1. The number of fused-ring (bicyclic) bond motifs is 1. The lowest BCUT2D eigenvalue weighted by Crippen LogP contribution is -1.94. The van der Waals surface area contributed by atoms with E-state index in [9.17, 15) is 4.79 Å². The topological polar surface area (TPSA) is 98.6 Å². The largest absolute Gasteiger partial charge is 0.478 e. The van der Waals surface area contributed by atoms with E-state index in [2.05, 4.69) is 10.1 Å². The molecule has 7 nitrogen and oxygen atoms in total. The van der Waals surface area contributed by atoms with Crippen molar-refractivity contribution in [3.8, 4) is 11.6 Å². The summed E-state index contributed by atoms with van der Waals surface area (Å²) in [6.07, 6.45) is 0. The van der Waals surface area contributed by atoms with Crippen LogP contribution >= 0.6 is 0 Å². The van der Waals surface area contributed by atoms with E-state index in [0.717, 1.165) is 0 Å². The summed E-state index contributed by atoms with van der Waals surface area (Å²) in [5.74, 6) is -0.190. The summed E-state index contributed by atoms with van der Waals surface area (Å²) in [6.45, 7) is 0.302. The van der Waals surface area contributed by atoms with Gasteiger partial charge in [0.05, 0.1) is 5.56 Å². The lowest BCUT2D eigenvalue weighted by Gasteiger charge is -1.91. The second-order valence-electron chi connectivity index (χ2n) is 4.12. The van der Waals surface area contributed by atoms with Crippen LogP contribution in [0.3, 0.4) is 0 Å². The van der Waals surface area contributed by atoms with Crippen LogP contribution in [-0.4, -0.2) is 28.3 Å². The lowest BCUT2D eigenvalue weighted by molar-refractivity contribution is 0.0697. The molecule has 0 aliphatic heterocycles. The second kappa shape index (κ2) is 4.78. The van der Waals surface area contributed by atoms with Gasteiger partial charge in [-0.1, -0.05) is 5.16 Å². The minimum atomic E-state index is -1.01. The predicted octanol–water partition coefficient (Wildman–Crippen LogP) is 2.33. The standard InChI is InChI=1S/C13H10N2O5/c1-18-6-8-5-10(15-20-8)12-14-9-4-7(13(16)17)2-3-11(9)19-12/h2-5H,6H2,1H3,(H,16,17). The second-order valence-corrected chi connectivity index (χ2v) is 4.12. The van der Waals surface area contributed by atoms with Gasteiger partial charge in [-0.3, -0.25) is 0 Å². The van der Waals surface area contributed by atoms with Crippen LogP contribution in [0.5, 0.6) is 0 Å². The molecule has 0 unspecified atom stereocenters. The van der Waals surface area contributed by atoms with Crippen molar-refractivity contribution in [1.29, 1.82) is 0 Å². The van der Waals surface area contributed by atoms with E-state index in [4.69, 9.17) is 18.8 Å². The lowest BCUT2D eigenvalue weighted by atomic mass is 10.2. The minimum absolute atomic E-state index is 0.151. The number of benzene rings is 1. The van der Waals surface area contributed by atoms with E-state index >= 15 is 0 Å². The molecule has 102 valence electrons. The number of carboxylic acids is 1. The molecule has 7 heteroatoms. The molecule has 2 heterocycles. The van der Waals surface area contributed by atoms with Crippen LogP contribution in [0.15, 0.2) is 33.2 Å². The van der Waals surface area contributed by atoms with E-state index in [1.165, 1.54) is 12.1 Å². The molecule has 3 aromatic rings. The third kappa shape index (κ3) is 2.14. The number of hydrogen-bond donors (Lipinski definition) is 1. The van der Waals surface area contributed by atoms with Crippen LogP contribution in [-0.2, 0) is 11.3 Å². The maximum Gasteiger partial charge on any atom is 0.335 e. The molecule has 20 heavy (non-hydrogen) atoms. The first kappa shape index (κ1) is 12.4. The van der Waals surface area contributed by atoms with Crippen molar-refractivity contribution in [2.75, 3.05) is 7.11 Å². The van der Waals surface area contributed by atoms with Crippen molar-refractivity contribution in [3.05, 3.63) is 35.6 Å². The zero-order valence-electron chi connectivity index (χ0n) is 10.5. The molecule has 0 amide bonds. The Bertz CT molecular complexity index is 774. The summed E-state index contributed by atoms with van der Waals surface area (Å²) in [7, 11) is 1.55. The van der Waals surface area contributed by atoms with Crippen LogP contribution in [0, 0.1) is 0 Å². The highest BCUT2D eigenvalue weighted by Gasteiger charge is 2.14. The number of ether oxygens (including phenoxy) is 1. The van der Waals surface area contributed by atoms with Gasteiger partial charge in [0.25, 0.3) is 0 Å². The number of aromatic carboxylic acids is 1. The third-order valence-corrected chi connectivity index (χ3v) is 2.70. The number of carboxylic acid groups (broad SMARTS) is 1. The first-order valence-corrected chi connectivity index (χ1v) is 5.76. The Labute approximate surface area is 112 Å². The fourth-order valence-electron chi connectivity index (χ4n) is 1.79. The summed E-state index contributed by atoms with van der Waals surface area (Å²) in [5.41, 5.74) is 1.53. The maximum absolute atomic E-state index is 10.9. The van der Waals surface area contributed by atoms with Crippen molar-refractivity contribution in [1.82, 2.24) is 10.1 Å². The van der Waals surface area contributed by atoms with Gasteiger partial charge in [0.1, 0.15) is 12.1 Å². The van der Waals surface area contributed by atoms with Gasteiger partial charge in [0.2, 0.25) is 5.89 Å². The van der Waals surface area contributed by atoms with Gasteiger partial charge in [-0.2, -0.15) is 0 Å². The molecule has 0 spiro atoms. The summed E-state index contributed by atoms with van der Waals surface area (Å²) in [4.78, 5) is 15.1. The molecular weight excluding hydrogens is 264 g/mol. The van der Waals surface area contributed by atoms with Crippen LogP contribution in [0.2, 0.25) is 0 Å². The molecule has 0 bridgehead atoms. The molecule has 1 N–H and O–H groups in total. The van der Waals surface area contributed by atoms with Gasteiger partial charge >= 0.3 is 5.97 Å². The summed E-state index contributed by atoms with van der Waals surface area (Å²) in [6, 6.07) is 6.12. The average molecular weight is 274 g/mol. The normalized spacial score (nSPS) is 11.1. The van der Waals surface area contributed by atoms with Gasteiger partial charge in [0, 0.05) is 13.2 Å². The smallest absolute Gasteiger partial charge is 0.335 e. The Balaban J connectivity index is 2.01. The Morgan fingerprint density at radius 3 is 3.00 bits per heavy atom. The van der Waals surface area contributed by atoms with Gasteiger partial charge in [-0.15, -0.1) is 0 Å². The average Bonchev–Trinajstić information content (AvgIpc) is 3.03. The van der Waals surface area contributed by atoms with Crippen molar-refractivity contribution < 1.29 is 23.6 Å². The van der Waals surface area contributed by atoms with Gasteiger partial charge in [-0.25, -0.2) is 9.78 Å².